The fourth-order valence-corrected chi connectivity index (χ4v) is 3.36. The number of pyridine rings is 1. The maximum Gasteiger partial charge on any atom is 0.347 e. The molecular weight excluding hydrogens is 310 g/mol. The zero-order chi connectivity index (χ0) is 12.7. The van der Waals surface area contributed by atoms with Gasteiger partial charge in [-0.15, -0.1) is 11.3 Å². The van der Waals surface area contributed by atoms with E-state index in [1.54, 1.807) is 5.38 Å². The summed E-state index contributed by atoms with van der Waals surface area (Å²) < 4.78 is 6.97. The zero-order valence-electron chi connectivity index (χ0n) is 8.98. The molecule has 2 rings (SSSR count). The summed E-state index contributed by atoms with van der Waals surface area (Å²) in [4.78, 5) is 23.4. The Bertz CT molecular complexity index is 673. The largest absolute Gasteiger partial charge is 0.505 e. The fourth-order valence-electron chi connectivity index (χ4n) is 1.58. The summed E-state index contributed by atoms with van der Waals surface area (Å²) in [6, 6.07) is 0. The van der Waals surface area contributed by atoms with Gasteiger partial charge < -0.3 is 14.4 Å². The monoisotopic (exact) mass is 317 g/mol. The first kappa shape index (κ1) is 12.1. The first-order chi connectivity index (χ1) is 7.99. The average Bonchev–Trinajstić information content (AvgIpc) is 2.68. The quantitative estimate of drug-likeness (QED) is 0.815. The molecule has 0 aliphatic heterocycles. The van der Waals surface area contributed by atoms with E-state index in [0.29, 0.717) is 14.7 Å². The molecule has 0 spiro atoms. The highest BCUT2D eigenvalue weighted by molar-refractivity contribution is 9.10. The van der Waals surface area contributed by atoms with Crippen molar-refractivity contribution in [3.63, 3.8) is 0 Å². The predicted molar refractivity (Wildman–Crippen MR) is 67.8 cm³/mol. The minimum Gasteiger partial charge on any atom is -0.505 e. The van der Waals surface area contributed by atoms with Gasteiger partial charge in [0.15, 0.2) is 11.3 Å². The van der Waals surface area contributed by atoms with Gasteiger partial charge in [0, 0.05) is 12.4 Å². The number of hydrogen-bond acceptors (Lipinski definition) is 5. The summed E-state index contributed by atoms with van der Waals surface area (Å²) in [6.07, 6.45) is 0. The molecule has 2 aromatic heterocycles. The van der Waals surface area contributed by atoms with Gasteiger partial charge in [0.25, 0.3) is 5.56 Å². The van der Waals surface area contributed by atoms with Gasteiger partial charge in [0.2, 0.25) is 0 Å². The lowest BCUT2D eigenvalue weighted by atomic mass is 10.2. The number of aromatic hydroxyl groups is 1. The van der Waals surface area contributed by atoms with Crippen molar-refractivity contribution in [2.45, 2.75) is 0 Å². The molecule has 0 unspecified atom stereocenters. The molecule has 0 atom stereocenters. The highest BCUT2D eigenvalue weighted by atomic mass is 79.9. The molecule has 0 aliphatic carbocycles. The molecule has 0 amide bonds. The van der Waals surface area contributed by atoms with Crippen molar-refractivity contribution in [3.8, 4) is 5.75 Å². The third kappa shape index (κ3) is 1.66. The zero-order valence-corrected chi connectivity index (χ0v) is 11.4. The van der Waals surface area contributed by atoms with Crippen LogP contribution in [0, 0.1) is 0 Å². The highest BCUT2D eigenvalue weighted by Crippen LogP contribution is 2.36. The first-order valence-electron chi connectivity index (χ1n) is 4.56. The van der Waals surface area contributed by atoms with Crippen LogP contribution in [0.5, 0.6) is 5.75 Å². The maximum atomic E-state index is 11.9. The van der Waals surface area contributed by atoms with Crippen LogP contribution in [0.15, 0.2) is 14.6 Å². The van der Waals surface area contributed by atoms with Crippen molar-refractivity contribution in [1.82, 2.24) is 4.57 Å². The van der Waals surface area contributed by atoms with E-state index in [9.17, 15) is 14.7 Å². The Hall–Kier alpha value is -1.34. The number of carbonyl (C=O) groups is 1. The van der Waals surface area contributed by atoms with Crippen LogP contribution in [0.1, 0.15) is 10.4 Å². The smallest absolute Gasteiger partial charge is 0.347 e. The number of esters is 1. The Kier molecular flexibility index (Phi) is 2.96. The standard InChI is InChI=1S/C10H8BrNO4S/c1-12-6-4(11)3-17-8(6)7(13)5(9(12)14)10(15)16-2/h3,13H,1-2H3. The third-order valence-electron chi connectivity index (χ3n) is 2.42. The number of aromatic nitrogens is 1. The summed E-state index contributed by atoms with van der Waals surface area (Å²) >= 11 is 4.53. The van der Waals surface area contributed by atoms with Crippen LogP contribution < -0.4 is 5.56 Å². The van der Waals surface area contributed by atoms with Crippen LogP contribution in [0.3, 0.4) is 0 Å². The van der Waals surface area contributed by atoms with Crippen LogP contribution in [0.4, 0.5) is 0 Å². The average molecular weight is 318 g/mol. The second kappa shape index (κ2) is 4.15. The van der Waals surface area contributed by atoms with E-state index >= 15 is 0 Å². The molecule has 90 valence electrons. The number of nitrogens with zero attached hydrogens (tertiary/aromatic N) is 1. The summed E-state index contributed by atoms with van der Waals surface area (Å²) in [7, 11) is 2.70. The molecule has 1 N–H and O–H groups in total. The summed E-state index contributed by atoms with van der Waals surface area (Å²) in [5.74, 6) is -1.17. The van der Waals surface area contributed by atoms with Gasteiger partial charge in [-0.25, -0.2) is 4.79 Å². The lowest BCUT2D eigenvalue weighted by molar-refractivity contribution is 0.0595. The van der Waals surface area contributed by atoms with E-state index in [1.807, 2.05) is 0 Å². The van der Waals surface area contributed by atoms with Crippen molar-refractivity contribution in [2.75, 3.05) is 7.11 Å². The number of ether oxygens (including phenoxy) is 1. The van der Waals surface area contributed by atoms with Gasteiger partial charge in [0.05, 0.1) is 21.8 Å². The van der Waals surface area contributed by atoms with Gasteiger partial charge in [-0.1, -0.05) is 0 Å². The number of thiophene rings is 1. The Morgan fingerprint density at radius 3 is 2.82 bits per heavy atom. The summed E-state index contributed by atoms with van der Waals surface area (Å²) in [5, 5.41) is 11.7. The van der Waals surface area contributed by atoms with Gasteiger partial charge >= 0.3 is 5.97 Å². The van der Waals surface area contributed by atoms with E-state index in [1.165, 1.54) is 23.0 Å². The minimum atomic E-state index is -0.838. The SMILES string of the molecule is COC(=O)c1c(O)c2scc(Br)c2n(C)c1=O. The topological polar surface area (TPSA) is 68.5 Å². The third-order valence-corrected chi connectivity index (χ3v) is 4.30. The highest BCUT2D eigenvalue weighted by Gasteiger charge is 2.23. The summed E-state index contributed by atoms with van der Waals surface area (Å²) in [6.45, 7) is 0. The number of rotatable bonds is 1. The minimum absolute atomic E-state index is 0.328. The molecule has 2 heterocycles. The lowest BCUT2D eigenvalue weighted by Crippen LogP contribution is -2.25. The molecule has 0 aromatic carbocycles. The van der Waals surface area contributed by atoms with Gasteiger partial charge in [0.1, 0.15) is 0 Å². The number of hydrogen-bond donors (Lipinski definition) is 1. The second-order valence-electron chi connectivity index (χ2n) is 3.34. The fraction of sp³-hybridized carbons (Fsp3) is 0.200. The molecule has 2 aromatic rings. The van der Waals surface area contributed by atoms with Crippen molar-refractivity contribution in [3.05, 3.63) is 25.8 Å². The molecule has 0 bridgehead atoms. The number of methoxy groups -OCH3 is 1. The van der Waals surface area contributed by atoms with E-state index < -0.39 is 11.5 Å². The van der Waals surface area contributed by atoms with E-state index in [2.05, 4.69) is 20.7 Å². The molecule has 0 saturated heterocycles. The van der Waals surface area contributed by atoms with Gasteiger partial charge in [-0.05, 0) is 15.9 Å². The van der Waals surface area contributed by atoms with Crippen LogP contribution in [0.2, 0.25) is 0 Å². The number of aryl methyl sites for hydroxylation is 1. The molecule has 0 fully saturated rings. The molecule has 17 heavy (non-hydrogen) atoms. The van der Waals surface area contributed by atoms with E-state index in [0.717, 1.165) is 7.11 Å². The second-order valence-corrected chi connectivity index (χ2v) is 5.07. The van der Waals surface area contributed by atoms with Crippen molar-refractivity contribution in [2.24, 2.45) is 7.05 Å². The first-order valence-corrected chi connectivity index (χ1v) is 6.23. The van der Waals surface area contributed by atoms with Crippen molar-refractivity contribution >= 4 is 43.5 Å². The number of halogens is 1. The Balaban J connectivity index is 2.98. The Morgan fingerprint density at radius 2 is 2.24 bits per heavy atom. The molecular formula is C10H8BrNO4S. The van der Waals surface area contributed by atoms with Gasteiger partial charge in [-0.2, -0.15) is 0 Å². The molecule has 0 aliphatic rings. The van der Waals surface area contributed by atoms with E-state index in [-0.39, 0.29) is 11.3 Å². The number of fused-ring (bicyclic) bond motifs is 1. The lowest BCUT2D eigenvalue weighted by Gasteiger charge is -2.07. The van der Waals surface area contributed by atoms with Crippen molar-refractivity contribution < 1.29 is 14.6 Å². The molecule has 7 heteroatoms. The van der Waals surface area contributed by atoms with Gasteiger partial charge in [-0.3, -0.25) is 4.79 Å². The van der Waals surface area contributed by atoms with Crippen molar-refractivity contribution in [1.29, 1.82) is 0 Å². The normalized spacial score (nSPS) is 10.8. The predicted octanol–water partition coefficient (Wildman–Crippen LogP) is 1.85. The number of carbonyl (C=O) groups excluding carboxylic acids is 1. The summed E-state index contributed by atoms with van der Waals surface area (Å²) in [5.41, 5.74) is -0.358. The van der Waals surface area contributed by atoms with Crippen LogP contribution >= 0.6 is 27.3 Å². The molecule has 5 nitrogen and oxygen atoms in total. The Morgan fingerprint density at radius 1 is 1.59 bits per heavy atom. The Labute approximate surface area is 108 Å². The molecule has 0 radical (unpaired) electrons. The van der Waals surface area contributed by atoms with Crippen LogP contribution in [0.25, 0.3) is 10.2 Å². The van der Waals surface area contributed by atoms with E-state index in [4.69, 9.17) is 0 Å². The maximum absolute atomic E-state index is 11.9. The van der Waals surface area contributed by atoms with Crippen LogP contribution in [-0.4, -0.2) is 22.8 Å². The van der Waals surface area contributed by atoms with Crippen LogP contribution in [-0.2, 0) is 11.8 Å². The molecule has 0 saturated carbocycles.